The summed E-state index contributed by atoms with van der Waals surface area (Å²) in [5.74, 6) is -0.112. The summed E-state index contributed by atoms with van der Waals surface area (Å²) in [6.07, 6.45) is 0.214. The number of hydrogen-bond acceptors (Lipinski definition) is 2. The van der Waals surface area contributed by atoms with Gasteiger partial charge in [-0.2, -0.15) is 0 Å². The van der Waals surface area contributed by atoms with Gasteiger partial charge in [-0.3, -0.25) is 4.79 Å². The number of nitrogens with one attached hydrogen (secondary N) is 2. The third kappa shape index (κ3) is 5.04. The van der Waals surface area contributed by atoms with Crippen molar-refractivity contribution >= 4 is 62.1 Å². The quantitative estimate of drug-likeness (QED) is 0.428. The Morgan fingerprint density at radius 3 is 2.37 bits per heavy atom. The van der Waals surface area contributed by atoms with Crippen LogP contribution in [-0.4, -0.2) is 5.91 Å². The van der Waals surface area contributed by atoms with Crippen molar-refractivity contribution < 1.29 is 4.79 Å². The van der Waals surface area contributed by atoms with Crippen LogP contribution in [0.25, 0.3) is 0 Å². The molecule has 0 saturated heterocycles. The molecule has 3 nitrogen and oxygen atoms in total. The maximum absolute atomic E-state index is 12.5. The summed E-state index contributed by atoms with van der Waals surface area (Å²) in [5, 5.41) is 7.22. The highest BCUT2D eigenvalue weighted by molar-refractivity contribution is 9.10. The molecule has 1 amide bonds. The lowest BCUT2D eigenvalue weighted by molar-refractivity contribution is -0.115. The van der Waals surface area contributed by atoms with Crippen molar-refractivity contribution in [3.05, 3.63) is 86.3 Å². The highest BCUT2D eigenvalue weighted by atomic mass is 79.9. The van der Waals surface area contributed by atoms with E-state index in [0.29, 0.717) is 15.7 Å². The van der Waals surface area contributed by atoms with Gasteiger partial charge in [0.15, 0.2) is 0 Å². The Hall–Kier alpha value is -2.01. The summed E-state index contributed by atoms with van der Waals surface area (Å²) in [6.45, 7) is 2.00. The normalized spacial score (nSPS) is 10.5. The van der Waals surface area contributed by atoms with Crippen molar-refractivity contribution in [2.75, 3.05) is 10.6 Å². The molecule has 3 aromatic rings. The zero-order valence-electron chi connectivity index (χ0n) is 14.5. The minimum Gasteiger partial charge on any atom is -0.353 e. The van der Waals surface area contributed by atoms with Crippen LogP contribution < -0.4 is 10.6 Å². The molecule has 0 saturated carbocycles. The van der Waals surface area contributed by atoms with Crippen molar-refractivity contribution in [1.29, 1.82) is 0 Å². The fraction of sp³-hybridized carbons (Fsp3) is 0.0952. The molecule has 0 fully saturated rings. The van der Waals surface area contributed by atoms with E-state index in [1.54, 1.807) is 18.2 Å². The van der Waals surface area contributed by atoms with Crippen LogP contribution in [0.1, 0.15) is 11.1 Å². The summed E-state index contributed by atoms with van der Waals surface area (Å²) >= 11 is 16.0. The number of benzene rings is 3. The van der Waals surface area contributed by atoms with Crippen LogP contribution in [0.5, 0.6) is 0 Å². The largest absolute Gasteiger partial charge is 0.353 e. The van der Waals surface area contributed by atoms with Gasteiger partial charge in [-0.15, -0.1) is 0 Å². The topological polar surface area (TPSA) is 41.1 Å². The fourth-order valence-corrected chi connectivity index (χ4v) is 3.72. The van der Waals surface area contributed by atoms with Crippen LogP contribution in [-0.2, 0) is 11.2 Å². The van der Waals surface area contributed by atoms with Gasteiger partial charge in [0, 0.05) is 10.2 Å². The molecule has 0 aliphatic carbocycles. The molecule has 0 atom stereocenters. The number of rotatable bonds is 5. The average Bonchev–Trinajstić information content (AvgIpc) is 2.62. The molecule has 3 rings (SSSR count). The number of amides is 1. The first-order valence-corrected chi connectivity index (χ1v) is 9.84. The van der Waals surface area contributed by atoms with Crippen LogP contribution in [0.2, 0.25) is 10.0 Å². The van der Waals surface area contributed by atoms with Crippen molar-refractivity contribution in [2.24, 2.45) is 0 Å². The monoisotopic (exact) mass is 462 g/mol. The second-order valence-corrected chi connectivity index (χ2v) is 7.76. The highest BCUT2D eigenvalue weighted by Crippen LogP contribution is 2.33. The second kappa shape index (κ2) is 8.79. The predicted octanol–water partition coefficient (Wildman–Crippen LogP) is 6.99. The Morgan fingerprint density at radius 1 is 0.963 bits per heavy atom. The summed E-state index contributed by atoms with van der Waals surface area (Å²) in [7, 11) is 0. The minimum absolute atomic E-state index is 0.112. The molecular weight excluding hydrogens is 447 g/mol. The molecule has 27 heavy (non-hydrogen) atoms. The van der Waals surface area contributed by atoms with Gasteiger partial charge >= 0.3 is 0 Å². The molecule has 6 heteroatoms. The molecule has 3 aromatic carbocycles. The third-order valence-corrected chi connectivity index (χ3v) is 5.28. The second-order valence-electron chi connectivity index (χ2n) is 6.09. The first-order valence-electron chi connectivity index (χ1n) is 8.29. The number of hydrogen-bond donors (Lipinski definition) is 2. The van der Waals surface area contributed by atoms with Crippen molar-refractivity contribution in [2.45, 2.75) is 13.3 Å². The molecule has 0 unspecified atom stereocenters. The lowest BCUT2D eigenvalue weighted by atomic mass is 10.1. The zero-order valence-corrected chi connectivity index (χ0v) is 17.6. The summed E-state index contributed by atoms with van der Waals surface area (Å²) in [5.41, 5.74) is 4.10. The lowest BCUT2D eigenvalue weighted by Crippen LogP contribution is -2.15. The fourth-order valence-electron chi connectivity index (χ4n) is 2.64. The first-order chi connectivity index (χ1) is 12.9. The Kier molecular flexibility index (Phi) is 6.42. The van der Waals surface area contributed by atoms with Gasteiger partial charge in [-0.05, 0) is 64.3 Å². The van der Waals surface area contributed by atoms with Crippen LogP contribution in [0.4, 0.5) is 17.1 Å². The standard InChI is InChI=1S/C21H17BrCl2N2O/c1-13-9-10-19(15(22)11-13)25-20(27)12-14-5-2-3-8-18(14)26-21-16(23)6-4-7-17(21)24/h2-11,26H,12H2,1H3,(H,25,27). The maximum Gasteiger partial charge on any atom is 0.228 e. The van der Waals surface area contributed by atoms with Crippen molar-refractivity contribution in [3.8, 4) is 0 Å². The van der Waals surface area contributed by atoms with Gasteiger partial charge in [-0.1, -0.05) is 53.5 Å². The number of carbonyl (C=O) groups excluding carboxylic acids is 1. The van der Waals surface area contributed by atoms with Crippen molar-refractivity contribution in [3.63, 3.8) is 0 Å². The molecule has 0 aliphatic heterocycles. The Labute approximate surface area is 176 Å². The van der Waals surface area contributed by atoms with E-state index < -0.39 is 0 Å². The number of aryl methyl sites for hydroxylation is 1. The molecule has 0 aromatic heterocycles. The summed E-state index contributed by atoms with van der Waals surface area (Å²) in [6, 6.07) is 18.7. The number of carbonyl (C=O) groups is 1. The molecule has 0 spiro atoms. The van der Waals surface area contributed by atoms with E-state index in [1.165, 1.54) is 0 Å². The van der Waals surface area contributed by atoms with Crippen LogP contribution in [0, 0.1) is 6.92 Å². The Balaban J connectivity index is 1.79. The highest BCUT2D eigenvalue weighted by Gasteiger charge is 2.12. The Bertz CT molecular complexity index is 971. The van der Waals surface area contributed by atoms with E-state index in [9.17, 15) is 4.79 Å². The smallest absolute Gasteiger partial charge is 0.228 e. The van der Waals surface area contributed by atoms with E-state index in [2.05, 4.69) is 26.6 Å². The van der Waals surface area contributed by atoms with Crippen LogP contribution in [0.15, 0.2) is 65.1 Å². The molecule has 0 heterocycles. The molecule has 2 N–H and O–H groups in total. The first kappa shape index (κ1) is 19.7. The molecule has 138 valence electrons. The Morgan fingerprint density at radius 2 is 1.67 bits per heavy atom. The van der Waals surface area contributed by atoms with Gasteiger partial charge in [0.2, 0.25) is 5.91 Å². The van der Waals surface area contributed by atoms with Gasteiger partial charge in [0.25, 0.3) is 0 Å². The van der Waals surface area contributed by atoms with Gasteiger partial charge in [-0.25, -0.2) is 0 Å². The van der Waals surface area contributed by atoms with E-state index in [1.807, 2.05) is 49.4 Å². The van der Waals surface area contributed by atoms with Gasteiger partial charge in [0.05, 0.1) is 27.8 Å². The van der Waals surface area contributed by atoms with Gasteiger partial charge in [0.1, 0.15) is 0 Å². The van der Waals surface area contributed by atoms with E-state index in [4.69, 9.17) is 23.2 Å². The predicted molar refractivity (Wildman–Crippen MR) is 117 cm³/mol. The summed E-state index contributed by atoms with van der Waals surface area (Å²) in [4.78, 5) is 12.5. The third-order valence-electron chi connectivity index (χ3n) is 3.99. The zero-order chi connectivity index (χ0) is 19.4. The lowest BCUT2D eigenvalue weighted by Gasteiger charge is -2.15. The number of anilines is 3. The number of para-hydroxylation sites is 2. The van der Waals surface area contributed by atoms with E-state index in [0.717, 1.165) is 27.0 Å². The number of halogens is 3. The molecular formula is C21H17BrCl2N2O. The van der Waals surface area contributed by atoms with E-state index in [-0.39, 0.29) is 12.3 Å². The molecule has 0 aliphatic rings. The SMILES string of the molecule is Cc1ccc(NC(=O)Cc2ccccc2Nc2c(Cl)cccc2Cl)c(Br)c1. The van der Waals surface area contributed by atoms with Crippen LogP contribution in [0.3, 0.4) is 0 Å². The minimum atomic E-state index is -0.112. The van der Waals surface area contributed by atoms with Crippen molar-refractivity contribution in [1.82, 2.24) is 0 Å². The maximum atomic E-state index is 12.5. The van der Waals surface area contributed by atoms with Gasteiger partial charge < -0.3 is 10.6 Å². The molecule has 0 bridgehead atoms. The molecule has 0 radical (unpaired) electrons. The average molecular weight is 464 g/mol. The van der Waals surface area contributed by atoms with Crippen LogP contribution >= 0.6 is 39.1 Å². The summed E-state index contributed by atoms with van der Waals surface area (Å²) < 4.78 is 0.852. The van der Waals surface area contributed by atoms with E-state index >= 15 is 0 Å².